The highest BCUT2D eigenvalue weighted by Gasteiger charge is 2.21. The zero-order valence-electron chi connectivity index (χ0n) is 10.5. The van der Waals surface area contributed by atoms with E-state index in [2.05, 4.69) is 5.32 Å². The summed E-state index contributed by atoms with van der Waals surface area (Å²) in [6.45, 7) is 5.74. The van der Waals surface area contributed by atoms with Crippen molar-refractivity contribution in [2.45, 2.75) is 32.7 Å². The van der Waals surface area contributed by atoms with Gasteiger partial charge in [-0.05, 0) is 26.3 Å². The molecule has 1 amide bonds. The fourth-order valence-corrected chi connectivity index (χ4v) is 1.53. The number of nitrogens with one attached hydrogen (secondary N) is 1. The molecule has 6 heteroatoms. The molecular formula is C12H15ClN2O3. The van der Waals surface area contributed by atoms with Gasteiger partial charge in [0.25, 0.3) is 11.6 Å². The van der Waals surface area contributed by atoms with Crippen LogP contribution in [0.2, 0.25) is 5.02 Å². The summed E-state index contributed by atoms with van der Waals surface area (Å²) in [6, 6.07) is 3.80. The van der Waals surface area contributed by atoms with Crippen molar-refractivity contribution < 1.29 is 9.72 Å². The molecule has 1 aromatic rings. The molecule has 0 aliphatic heterocycles. The lowest BCUT2D eigenvalue weighted by atomic mass is 10.0. The van der Waals surface area contributed by atoms with Crippen LogP contribution < -0.4 is 5.32 Å². The number of nitrogens with zero attached hydrogens (tertiary/aromatic N) is 1. The highest BCUT2D eigenvalue weighted by Crippen LogP contribution is 2.23. The van der Waals surface area contributed by atoms with Crippen molar-refractivity contribution in [1.29, 1.82) is 0 Å². The number of carbonyl (C=O) groups excluding carboxylic acids is 1. The number of rotatable bonds is 4. The summed E-state index contributed by atoms with van der Waals surface area (Å²) in [6.07, 6.45) is 0.767. The van der Waals surface area contributed by atoms with Crippen molar-refractivity contribution >= 4 is 23.2 Å². The quantitative estimate of drug-likeness (QED) is 0.675. The molecule has 0 bridgehead atoms. The maximum Gasteiger partial charge on any atom is 0.270 e. The van der Waals surface area contributed by atoms with Gasteiger partial charge in [-0.2, -0.15) is 0 Å². The van der Waals surface area contributed by atoms with Gasteiger partial charge in [0.05, 0.1) is 15.5 Å². The third-order valence-corrected chi connectivity index (χ3v) is 3.06. The van der Waals surface area contributed by atoms with Gasteiger partial charge >= 0.3 is 0 Å². The Labute approximate surface area is 110 Å². The summed E-state index contributed by atoms with van der Waals surface area (Å²) in [5.41, 5.74) is -0.238. The average molecular weight is 271 g/mol. The standard InChI is InChI=1S/C12H15ClN2O3/c1-4-12(2,3)14-11(16)9-6-5-8(15(17)18)7-10(9)13/h5-7H,4H2,1-3H3,(H,14,16). The van der Waals surface area contributed by atoms with Crippen molar-refractivity contribution in [2.75, 3.05) is 0 Å². The van der Waals surface area contributed by atoms with E-state index in [0.29, 0.717) is 0 Å². The fraction of sp³-hybridized carbons (Fsp3) is 0.417. The Morgan fingerprint density at radius 2 is 2.11 bits per heavy atom. The van der Waals surface area contributed by atoms with Crippen LogP contribution in [-0.2, 0) is 0 Å². The second-order valence-electron chi connectivity index (χ2n) is 4.61. The van der Waals surface area contributed by atoms with E-state index in [1.165, 1.54) is 18.2 Å². The van der Waals surface area contributed by atoms with Crippen LogP contribution >= 0.6 is 11.6 Å². The normalized spacial score (nSPS) is 11.1. The molecule has 0 saturated carbocycles. The molecule has 0 radical (unpaired) electrons. The maximum absolute atomic E-state index is 12.0. The van der Waals surface area contributed by atoms with Gasteiger partial charge in [0.1, 0.15) is 0 Å². The van der Waals surface area contributed by atoms with Crippen molar-refractivity contribution in [3.05, 3.63) is 38.9 Å². The van der Waals surface area contributed by atoms with Crippen LogP contribution in [-0.4, -0.2) is 16.4 Å². The van der Waals surface area contributed by atoms with E-state index in [0.717, 1.165) is 6.42 Å². The van der Waals surface area contributed by atoms with E-state index >= 15 is 0 Å². The Hall–Kier alpha value is -1.62. The van der Waals surface area contributed by atoms with Crippen molar-refractivity contribution in [3.63, 3.8) is 0 Å². The molecule has 1 aromatic carbocycles. The first-order valence-corrected chi connectivity index (χ1v) is 5.91. The first-order chi connectivity index (χ1) is 8.26. The third kappa shape index (κ3) is 3.43. The summed E-state index contributed by atoms with van der Waals surface area (Å²) in [5, 5.41) is 13.5. The highest BCUT2D eigenvalue weighted by atomic mass is 35.5. The van der Waals surface area contributed by atoms with Crippen molar-refractivity contribution in [3.8, 4) is 0 Å². The SMILES string of the molecule is CCC(C)(C)NC(=O)c1ccc([N+](=O)[O-])cc1Cl. The topological polar surface area (TPSA) is 72.2 Å². The van der Waals surface area contributed by atoms with Crippen LogP contribution in [0.3, 0.4) is 0 Å². The fourth-order valence-electron chi connectivity index (χ4n) is 1.26. The number of nitro groups is 1. The molecule has 1 rings (SSSR count). The van der Waals surface area contributed by atoms with Crippen LogP contribution in [0.5, 0.6) is 0 Å². The number of nitro benzene ring substituents is 1. The largest absolute Gasteiger partial charge is 0.347 e. The monoisotopic (exact) mass is 270 g/mol. The van der Waals surface area contributed by atoms with Gasteiger partial charge in [0.15, 0.2) is 0 Å². The molecular weight excluding hydrogens is 256 g/mol. The Bertz CT molecular complexity index is 486. The van der Waals surface area contributed by atoms with Crippen LogP contribution in [0.15, 0.2) is 18.2 Å². The molecule has 0 aromatic heterocycles. The minimum absolute atomic E-state index is 0.0774. The number of hydrogen-bond acceptors (Lipinski definition) is 3. The highest BCUT2D eigenvalue weighted by molar-refractivity contribution is 6.34. The summed E-state index contributed by atoms with van der Waals surface area (Å²) < 4.78 is 0. The van der Waals surface area contributed by atoms with Crippen molar-refractivity contribution in [1.82, 2.24) is 5.32 Å². The maximum atomic E-state index is 12.0. The van der Waals surface area contributed by atoms with Crippen molar-refractivity contribution in [2.24, 2.45) is 0 Å². The number of halogens is 1. The van der Waals surface area contributed by atoms with E-state index in [-0.39, 0.29) is 27.7 Å². The number of benzene rings is 1. The van der Waals surface area contributed by atoms with Gasteiger partial charge < -0.3 is 5.32 Å². The van der Waals surface area contributed by atoms with E-state index in [4.69, 9.17) is 11.6 Å². The molecule has 0 spiro atoms. The smallest absolute Gasteiger partial charge is 0.270 e. The Kier molecular flexibility index (Phi) is 4.29. The Morgan fingerprint density at radius 3 is 2.56 bits per heavy atom. The summed E-state index contributed by atoms with van der Waals surface area (Å²) in [4.78, 5) is 22.0. The number of non-ortho nitro benzene ring substituents is 1. The van der Waals surface area contributed by atoms with Crippen LogP contribution in [0.1, 0.15) is 37.6 Å². The molecule has 0 aliphatic carbocycles. The second kappa shape index (κ2) is 5.35. The van der Waals surface area contributed by atoms with Crippen LogP contribution in [0.4, 0.5) is 5.69 Å². The molecule has 0 unspecified atom stereocenters. The van der Waals surface area contributed by atoms with Gasteiger partial charge in [-0.1, -0.05) is 18.5 Å². The molecule has 0 atom stereocenters. The van der Waals surface area contributed by atoms with E-state index < -0.39 is 4.92 Å². The van der Waals surface area contributed by atoms with Crippen LogP contribution in [0.25, 0.3) is 0 Å². The van der Waals surface area contributed by atoms with E-state index in [1.807, 2.05) is 20.8 Å². The first kappa shape index (κ1) is 14.4. The molecule has 1 N–H and O–H groups in total. The summed E-state index contributed by atoms with van der Waals surface area (Å²) >= 11 is 5.88. The summed E-state index contributed by atoms with van der Waals surface area (Å²) in [5.74, 6) is -0.332. The minimum Gasteiger partial charge on any atom is -0.347 e. The van der Waals surface area contributed by atoms with Gasteiger partial charge in [-0.25, -0.2) is 0 Å². The zero-order valence-corrected chi connectivity index (χ0v) is 11.2. The van der Waals surface area contributed by atoms with Gasteiger partial charge in [0.2, 0.25) is 0 Å². The number of carbonyl (C=O) groups is 1. The predicted octanol–water partition coefficient (Wildman–Crippen LogP) is 3.17. The first-order valence-electron chi connectivity index (χ1n) is 5.53. The molecule has 0 fully saturated rings. The molecule has 0 saturated heterocycles. The molecule has 18 heavy (non-hydrogen) atoms. The summed E-state index contributed by atoms with van der Waals surface area (Å²) in [7, 11) is 0. The predicted molar refractivity (Wildman–Crippen MR) is 69.9 cm³/mol. The molecule has 0 heterocycles. The molecule has 98 valence electrons. The van der Waals surface area contributed by atoms with E-state index in [9.17, 15) is 14.9 Å². The Morgan fingerprint density at radius 1 is 1.50 bits per heavy atom. The van der Waals surface area contributed by atoms with Gasteiger partial charge in [0, 0.05) is 17.7 Å². The lowest BCUT2D eigenvalue weighted by Crippen LogP contribution is -2.42. The minimum atomic E-state index is -0.552. The molecule has 0 aliphatic rings. The zero-order chi connectivity index (χ0) is 13.9. The van der Waals surface area contributed by atoms with E-state index in [1.54, 1.807) is 0 Å². The van der Waals surface area contributed by atoms with Gasteiger partial charge in [-0.15, -0.1) is 0 Å². The number of amides is 1. The third-order valence-electron chi connectivity index (χ3n) is 2.74. The average Bonchev–Trinajstić information content (AvgIpc) is 2.28. The Balaban J connectivity index is 2.97. The second-order valence-corrected chi connectivity index (χ2v) is 5.02. The lowest BCUT2D eigenvalue weighted by Gasteiger charge is -2.24. The van der Waals surface area contributed by atoms with Crippen LogP contribution in [0, 0.1) is 10.1 Å². The number of hydrogen-bond donors (Lipinski definition) is 1. The van der Waals surface area contributed by atoms with Gasteiger partial charge in [-0.3, -0.25) is 14.9 Å². The lowest BCUT2D eigenvalue weighted by molar-refractivity contribution is -0.384. The molecule has 5 nitrogen and oxygen atoms in total.